The summed E-state index contributed by atoms with van der Waals surface area (Å²) in [5.41, 5.74) is 2.19. The highest BCUT2D eigenvalue weighted by Gasteiger charge is 2.12. The van der Waals surface area contributed by atoms with Crippen LogP contribution in [-0.2, 0) is 18.9 Å². The van der Waals surface area contributed by atoms with Crippen LogP contribution in [0.1, 0.15) is 27.7 Å². The van der Waals surface area contributed by atoms with Crippen LogP contribution in [0.2, 0.25) is 0 Å². The zero-order chi connectivity index (χ0) is 35.9. The molecule has 4 amide bonds. The molecule has 0 fully saturated rings. The average Bonchev–Trinajstić information content (AvgIpc) is 2.99. The number of carbonyl (C=O) groups excluding carboxylic acids is 4. The minimum absolute atomic E-state index is 0.0620. The second-order valence-electron chi connectivity index (χ2n) is 8.29. The number of rotatable bonds is 8. The van der Waals surface area contributed by atoms with Crippen LogP contribution in [0, 0.1) is 0 Å². The molecule has 0 aliphatic rings. The highest BCUT2D eigenvalue weighted by molar-refractivity contribution is 7.81. The summed E-state index contributed by atoms with van der Waals surface area (Å²) in [6.07, 6.45) is -2.61. The van der Waals surface area contributed by atoms with Crippen molar-refractivity contribution in [2.75, 3.05) is 47.7 Å². The first-order valence-corrected chi connectivity index (χ1v) is 15.7. The maximum Gasteiger partial charge on any atom is 0.413 e. The van der Waals surface area contributed by atoms with E-state index in [4.69, 9.17) is 67.8 Å². The number of alkyl carbamates (subject to hydrolysis) is 4. The number of carbonyl (C=O) groups is 4. The zero-order valence-corrected chi connectivity index (χ0v) is 29.6. The molecule has 0 aromatic heterocycles. The van der Waals surface area contributed by atoms with Crippen molar-refractivity contribution in [3.8, 4) is 0 Å². The van der Waals surface area contributed by atoms with E-state index in [0.717, 1.165) is 0 Å². The number of thiocarbonyl (C=S) groups is 4. The minimum atomic E-state index is -0.653. The van der Waals surface area contributed by atoms with E-state index in [1.807, 2.05) is 0 Å². The Hall–Kier alpha value is -4.92. The molecular formula is C28H36N8O8S4. The largest absolute Gasteiger partial charge is 0.450 e. The molecule has 0 spiro atoms. The fourth-order valence-electron chi connectivity index (χ4n) is 3.06. The Morgan fingerprint density at radius 1 is 0.438 bits per heavy atom. The van der Waals surface area contributed by atoms with Crippen molar-refractivity contribution in [2.24, 2.45) is 0 Å². The average molecular weight is 741 g/mol. The molecule has 48 heavy (non-hydrogen) atoms. The lowest BCUT2D eigenvalue weighted by molar-refractivity contribution is 0.157. The van der Waals surface area contributed by atoms with E-state index < -0.39 is 24.4 Å². The van der Waals surface area contributed by atoms with Gasteiger partial charge in [-0.1, -0.05) is 24.3 Å². The van der Waals surface area contributed by atoms with Crippen LogP contribution in [0.3, 0.4) is 0 Å². The lowest BCUT2D eigenvalue weighted by atomic mass is 10.2. The highest BCUT2D eigenvalue weighted by Crippen LogP contribution is 2.21. The Balaban J connectivity index is 0.000000480. The Kier molecular flexibility index (Phi) is 20.0. The van der Waals surface area contributed by atoms with Gasteiger partial charge in [0, 0.05) is 0 Å². The fourth-order valence-corrected chi connectivity index (χ4v) is 3.83. The van der Waals surface area contributed by atoms with Crippen molar-refractivity contribution in [3.63, 3.8) is 0 Å². The van der Waals surface area contributed by atoms with E-state index in [0.29, 0.717) is 22.7 Å². The van der Waals surface area contributed by atoms with E-state index in [1.165, 1.54) is 0 Å². The molecule has 0 heterocycles. The molecule has 0 bridgehead atoms. The lowest BCUT2D eigenvalue weighted by Gasteiger charge is -2.15. The molecule has 8 N–H and O–H groups in total. The van der Waals surface area contributed by atoms with Gasteiger partial charge in [-0.3, -0.25) is 21.3 Å². The lowest BCUT2D eigenvalue weighted by Crippen LogP contribution is -2.36. The van der Waals surface area contributed by atoms with Crippen LogP contribution in [0.4, 0.5) is 41.9 Å². The van der Waals surface area contributed by atoms with Crippen LogP contribution < -0.4 is 42.5 Å². The van der Waals surface area contributed by atoms with E-state index in [2.05, 4.69) is 42.5 Å². The van der Waals surface area contributed by atoms with Gasteiger partial charge in [-0.05, 0) is 101 Å². The summed E-state index contributed by atoms with van der Waals surface area (Å²) in [6.45, 7) is 7.70. The molecule has 2 aromatic carbocycles. The normalized spacial score (nSPS) is 9.42. The number of nitrogens with one attached hydrogen (secondary N) is 8. The standard InChI is InChI=1S/2C14H18N4O4S2/c2*1-3-21-13(19)17-11(23)15-9-7-5-6-8-10(9)16-12(24)18-14(20)22-4-2/h2*5-8H,3-4H2,1-2H3,(H2,15,17,19,23)(H2,16,18,20,24). The number of ether oxygens (including phenoxy) is 4. The molecule has 0 atom stereocenters. The highest BCUT2D eigenvalue weighted by atomic mass is 32.1. The van der Waals surface area contributed by atoms with Gasteiger partial charge >= 0.3 is 24.4 Å². The van der Waals surface area contributed by atoms with Crippen LogP contribution in [0.25, 0.3) is 0 Å². The molecule has 0 aliphatic heterocycles. The summed E-state index contributed by atoms with van der Waals surface area (Å²) < 4.78 is 18.9. The molecule has 0 saturated carbocycles. The Morgan fingerprint density at radius 2 is 0.625 bits per heavy atom. The van der Waals surface area contributed by atoms with E-state index in [-0.39, 0.29) is 46.9 Å². The van der Waals surface area contributed by atoms with Gasteiger partial charge in [0.2, 0.25) is 0 Å². The third-order valence-corrected chi connectivity index (χ3v) is 5.63. The number of benzene rings is 2. The number of anilines is 4. The number of hydrogen-bond donors (Lipinski definition) is 8. The number of hydrogen-bond acceptors (Lipinski definition) is 12. The molecule has 0 saturated heterocycles. The second-order valence-corrected chi connectivity index (χ2v) is 9.92. The van der Waals surface area contributed by atoms with Crippen LogP contribution in [-0.4, -0.2) is 71.3 Å². The predicted molar refractivity (Wildman–Crippen MR) is 198 cm³/mol. The second kappa shape index (κ2) is 23.4. The number of amides is 4. The summed E-state index contributed by atoms with van der Waals surface area (Å²) in [5.74, 6) is 0. The monoisotopic (exact) mass is 740 g/mol. The topological polar surface area (TPSA) is 201 Å². The first-order chi connectivity index (χ1) is 22.9. The van der Waals surface area contributed by atoms with Gasteiger partial charge in [-0.2, -0.15) is 0 Å². The fraction of sp³-hybridized carbons (Fsp3) is 0.286. The molecule has 2 rings (SSSR count). The van der Waals surface area contributed by atoms with E-state index >= 15 is 0 Å². The molecule has 2 aromatic rings. The SMILES string of the molecule is CCOC(=O)NC(=S)Nc1ccccc1NC(=S)NC(=O)OCC.CCOC(=O)NC(=S)Nc1ccccc1NC(=S)NC(=O)OCC. The van der Waals surface area contributed by atoms with Crippen molar-refractivity contribution < 1.29 is 38.1 Å². The third kappa shape index (κ3) is 17.7. The summed E-state index contributed by atoms with van der Waals surface area (Å²) in [5, 5.41) is 21.1. The summed E-state index contributed by atoms with van der Waals surface area (Å²) in [6, 6.07) is 13.9. The smallest absolute Gasteiger partial charge is 0.413 e. The van der Waals surface area contributed by atoms with Crippen molar-refractivity contribution in [1.29, 1.82) is 0 Å². The van der Waals surface area contributed by atoms with Gasteiger partial charge in [-0.25, -0.2) is 19.2 Å². The molecule has 260 valence electrons. The Morgan fingerprint density at radius 3 is 0.792 bits per heavy atom. The van der Waals surface area contributed by atoms with Crippen LogP contribution in [0.5, 0.6) is 0 Å². The summed E-state index contributed by atoms with van der Waals surface area (Å²) in [7, 11) is 0. The van der Waals surface area contributed by atoms with Gasteiger partial charge < -0.3 is 40.2 Å². The molecule has 0 aliphatic carbocycles. The van der Waals surface area contributed by atoms with Crippen molar-refractivity contribution in [3.05, 3.63) is 48.5 Å². The third-order valence-electron chi connectivity index (χ3n) is 4.81. The molecule has 20 heteroatoms. The zero-order valence-electron chi connectivity index (χ0n) is 26.3. The molecule has 16 nitrogen and oxygen atoms in total. The van der Waals surface area contributed by atoms with Crippen molar-refractivity contribution >= 4 is 116 Å². The van der Waals surface area contributed by atoms with Crippen LogP contribution in [0.15, 0.2) is 48.5 Å². The first kappa shape index (κ1) is 41.1. The van der Waals surface area contributed by atoms with Gasteiger partial charge in [0.15, 0.2) is 20.4 Å². The van der Waals surface area contributed by atoms with Crippen molar-refractivity contribution in [2.45, 2.75) is 27.7 Å². The van der Waals surface area contributed by atoms with Crippen molar-refractivity contribution in [1.82, 2.24) is 21.3 Å². The molecule has 0 radical (unpaired) electrons. The van der Waals surface area contributed by atoms with Gasteiger partial charge in [0.1, 0.15) is 0 Å². The molecular weight excluding hydrogens is 705 g/mol. The maximum absolute atomic E-state index is 11.3. The van der Waals surface area contributed by atoms with Crippen LogP contribution >= 0.6 is 48.9 Å². The first-order valence-electron chi connectivity index (χ1n) is 14.1. The predicted octanol–water partition coefficient (Wildman–Crippen LogP) is 5.14. The van der Waals surface area contributed by atoms with Gasteiger partial charge in [-0.15, -0.1) is 0 Å². The van der Waals surface area contributed by atoms with E-state index in [1.54, 1.807) is 76.2 Å². The van der Waals surface area contributed by atoms with Gasteiger partial charge in [0.25, 0.3) is 0 Å². The summed E-state index contributed by atoms with van der Waals surface area (Å²) >= 11 is 20.1. The summed E-state index contributed by atoms with van der Waals surface area (Å²) in [4.78, 5) is 45.3. The Bertz CT molecular complexity index is 1250. The van der Waals surface area contributed by atoms with Gasteiger partial charge in [0.05, 0.1) is 49.2 Å². The van der Waals surface area contributed by atoms with E-state index in [9.17, 15) is 19.2 Å². The molecule has 0 unspecified atom stereocenters. The maximum atomic E-state index is 11.3. The minimum Gasteiger partial charge on any atom is -0.450 e. The Labute approximate surface area is 298 Å². The quantitative estimate of drug-likeness (QED) is 0.130. The number of para-hydroxylation sites is 4.